The molecule has 0 bridgehead atoms. The Morgan fingerprint density at radius 1 is 0.939 bits per heavy atom. The number of para-hydroxylation sites is 1. The van der Waals surface area contributed by atoms with Crippen molar-refractivity contribution in [1.82, 2.24) is 9.13 Å². The molecule has 0 unspecified atom stereocenters. The van der Waals surface area contributed by atoms with Crippen LogP contribution >= 0.6 is 11.6 Å². The van der Waals surface area contributed by atoms with Gasteiger partial charge in [0.15, 0.2) is 5.78 Å². The summed E-state index contributed by atoms with van der Waals surface area (Å²) in [6.45, 7) is 1.83. The normalized spacial score (nSPS) is 11.1. The Labute approximate surface area is 195 Å². The largest absolute Gasteiger partial charge is 0.388 e. The van der Waals surface area contributed by atoms with Gasteiger partial charge in [-0.25, -0.2) is 4.79 Å². The Bertz CT molecular complexity index is 1450. The number of ketones is 1. The average molecular weight is 463 g/mol. The number of aliphatic hydroxyl groups excluding tert-OH is 1. The first kappa shape index (κ1) is 22.7. The van der Waals surface area contributed by atoms with Crippen LogP contribution in [0.1, 0.15) is 27.0 Å². The molecule has 168 valence electrons. The molecular formula is C26H23ClN2O4. The molecule has 0 aliphatic carbocycles. The van der Waals surface area contributed by atoms with E-state index >= 15 is 0 Å². The molecule has 0 amide bonds. The number of rotatable bonds is 7. The molecule has 6 nitrogen and oxygen atoms in total. The van der Waals surface area contributed by atoms with Crippen LogP contribution in [0.3, 0.4) is 0 Å². The lowest BCUT2D eigenvalue weighted by Crippen LogP contribution is -2.40. The molecule has 7 heteroatoms. The van der Waals surface area contributed by atoms with Crippen LogP contribution in [0.2, 0.25) is 5.02 Å². The first-order valence-electron chi connectivity index (χ1n) is 10.6. The third kappa shape index (κ3) is 4.67. The van der Waals surface area contributed by atoms with Gasteiger partial charge in [0.05, 0.1) is 17.4 Å². The van der Waals surface area contributed by atoms with Crippen LogP contribution in [0.25, 0.3) is 10.9 Å². The molecule has 1 heterocycles. The number of carbonyl (C=O) groups excluding carboxylic acids is 1. The summed E-state index contributed by atoms with van der Waals surface area (Å²) < 4.78 is 2.83. The van der Waals surface area contributed by atoms with E-state index in [1.807, 2.05) is 25.1 Å². The molecule has 0 radical (unpaired) electrons. The topological polar surface area (TPSA) is 81.3 Å². The summed E-state index contributed by atoms with van der Waals surface area (Å²) in [5, 5.41) is 10.1. The molecular weight excluding hydrogens is 440 g/mol. The Kier molecular flexibility index (Phi) is 6.58. The van der Waals surface area contributed by atoms with Gasteiger partial charge in [-0.3, -0.25) is 18.7 Å². The molecule has 0 saturated heterocycles. The predicted molar refractivity (Wildman–Crippen MR) is 129 cm³/mol. The highest BCUT2D eigenvalue weighted by atomic mass is 35.5. The van der Waals surface area contributed by atoms with Crippen molar-refractivity contribution in [2.45, 2.75) is 26.4 Å². The maximum absolute atomic E-state index is 13.4. The molecule has 0 atom stereocenters. The number of carbonyl (C=O) groups is 1. The summed E-state index contributed by atoms with van der Waals surface area (Å²) in [5.41, 5.74) is 2.95. The predicted octanol–water partition coefficient (Wildman–Crippen LogP) is 3.59. The second-order valence-electron chi connectivity index (χ2n) is 7.95. The number of aliphatic hydroxyl groups is 1. The van der Waals surface area contributed by atoms with Crippen molar-refractivity contribution in [3.8, 4) is 0 Å². The smallest absolute Gasteiger partial charge is 0.331 e. The van der Waals surface area contributed by atoms with Crippen molar-refractivity contribution in [3.63, 3.8) is 0 Å². The minimum Gasteiger partial charge on any atom is -0.388 e. The van der Waals surface area contributed by atoms with Crippen molar-refractivity contribution in [2.24, 2.45) is 0 Å². The fraction of sp³-hybridized carbons (Fsp3) is 0.192. The van der Waals surface area contributed by atoms with Gasteiger partial charge >= 0.3 is 5.69 Å². The summed E-state index contributed by atoms with van der Waals surface area (Å²) >= 11 is 6.22. The van der Waals surface area contributed by atoms with Gasteiger partial charge in [0.25, 0.3) is 5.56 Å². The van der Waals surface area contributed by atoms with E-state index in [1.165, 1.54) is 4.57 Å². The molecule has 1 N–H and O–H groups in total. The van der Waals surface area contributed by atoms with Crippen molar-refractivity contribution in [2.75, 3.05) is 6.61 Å². The lowest BCUT2D eigenvalue weighted by atomic mass is 10.1. The zero-order chi connectivity index (χ0) is 23.5. The van der Waals surface area contributed by atoms with Gasteiger partial charge in [0, 0.05) is 17.1 Å². The number of fused-ring (bicyclic) bond motifs is 1. The monoisotopic (exact) mass is 462 g/mol. The number of halogens is 1. The van der Waals surface area contributed by atoms with Crippen LogP contribution in [0.4, 0.5) is 0 Å². The van der Waals surface area contributed by atoms with E-state index in [4.69, 9.17) is 16.7 Å². The Hall–Kier alpha value is -3.48. The van der Waals surface area contributed by atoms with Crippen molar-refractivity contribution in [1.29, 1.82) is 0 Å². The number of hydrogen-bond donors (Lipinski definition) is 1. The minimum absolute atomic E-state index is 0.228. The summed E-state index contributed by atoms with van der Waals surface area (Å²) in [5.74, 6) is -0.367. The van der Waals surface area contributed by atoms with Crippen LogP contribution in [0.15, 0.2) is 76.3 Å². The summed E-state index contributed by atoms with van der Waals surface area (Å²) in [4.78, 5) is 38.2. The third-order valence-corrected chi connectivity index (χ3v) is 6.16. The average Bonchev–Trinajstić information content (AvgIpc) is 2.83. The quantitative estimate of drug-likeness (QED) is 0.425. The van der Waals surface area contributed by atoms with Gasteiger partial charge < -0.3 is 5.11 Å². The molecule has 0 aliphatic heterocycles. The Balaban J connectivity index is 1.73. The van der Waals surface area contributed by atoms with Gasteiger partial charge in [0.1, 0.15) is 6.61 Å². The van der Waals surface area contributed by atoms with E-state index in [0.717, 1.165) is 16.7 Å². The fourth-order valence-electron chi connectivity index (χ4n) is 3.82. The van der Waals surface area contributed by atoms with Gasteiger partial charge in [0.2, 0.25) is 0 Å². The number of hydrogen-bond acceptors (Lipinski definition) is 4. The molecule has 0 fully saturated rings. The van der Waals surface area contributed by atoms with E-state index in [-0.39, 0.29) is 24.4 Å². The van der Waals surface area contributed by atoms with Crippen LogP contribution in [0, 0.1) is 6.92 Å². The second kappa shape index (κ2) is 9.57. The van der Waals surface area contributed by atoms with Crippen LogP contribution in [-0.4, -0.2) is 26.6 Å². The highest BCUT2D eigenvalue weighted by Gasteiger charge is 2.14. The Morgan fingerprint density at radius 2 is 1.64 bits per heavy atom. The molecule has 0 spiro atoms. The molecule has 4 rings (SSSR count). The van der Waals surface area contributed by atoms with E-state index in [1.54, 1.807) is 53.1 Å². The minimum atomic E-state index is -0.555. The van der Waals surface area contributed by atoms with Gasteiger partial charge in [-0.2, -0.15) is 0 Å². The van der Waals surface area contributed by atoms with Gasteiger partial charge in [-0.1, -0.05) is 60.1 Å². The number of Topliss-reactive ketones (excluding diaryl/α,β-unsaturated/α-hetero) is 1. The molecule has 4 aromatic rings. The number of aryl methyl sites for hydroxylation is 2. The van der Waals surface area contributed by atoms with Crippen LogP contribution in [0.5, 0.6) is 0 Å². The highest BCUT2D eigenvalue weighted by Crippen LogP contribution is 2.17. The second-order valence-corrected chi connectivity index (χ2v) is 8.36. The van der Waals surface area contributed by atoms with E-state index < -0.39 is 12.3 Å². The van der Waals surface area contributed by atoms with Crippen molar-refractivity contribution in [3.05, 3.63) is 115 Å². The maximum Gasteiger partial charge on any atom is 0.331 e. The van der Waals surface area contributed by atoms with Crippen LogP contribution < -0.4 is 11.2 Å². The molecule has 1 aromatic heterocycles. The summed E-state index contributed by atoms with van der Waals surface area (Å²) in [6.07, 6.45) is 0.492. The summed E-state index contributed by atoms with van der Waals surface area (Å²) in [7, 11) is 0. The summed E-state index contributed by atoms with van der Waals surface area (Å²) in [6, 6.07) is 19.5. The van der Waals surface area contributed by atoms with Crippen LogP contribution in [-0.2, 0) is 19.5 Å². The van der Waals surface area contributed by atoms with E-state index in [9.17, 15) is 14.4 Å². The number of aromatic nitrogens is 2. The third-order valence-electron chi connectivity index (χ3n) is 5.75. The lowest BCUT2D eigenvalue weighted by Gasteiger charge is -2.15. The molecule has 0 aliphatic rings. The highest BCUT2D eigenvalue weighted by molar-refractivity contribution is 6.31. The van der Waals surface area contributed by atoms with Gasteiger partial charge in [-0.05, 0) is 48.2 Å². The SMILES string of the molecule is Cc1ccc(CCn2c(=O)c3ccccc3n(Cc3ccc(C(=O)CO)cc3)c2=O)cc1Cl. The first-order valence-corrected chi connectivity index (χ1v) is 11.0. The molecule has 3 aromatic carbocycles. The Morgan fingerprint density at radius 3 is 2.33 bits per heavy atom. The zero-order valence-electron chi connectivity index (χ0n) is 18.1. The van der Waals surface area contributed by atoms with E-state index in [0.29, 0.717) is 27.9 Å². The number of benzene rings is 3. The first-order chi connectivity index (χ1) is 15.9. The van der Waals surface area contributed by atoms with Crippen molar-refractivity contribution < 1.29 is 9.90 Å². The molecule has 0 saturated carbocycles. The molecule has 33 heavy (non-hydrogen) atoms. The zero-order valence-corrected chi connectivity index (χ0v) is 18.9. The maximum atomic E-state index is 13.4. The standard InChI is InChI=1S/C26H23ClN2O4/c1-17-6-7-18(14-22(17)27)12-13-28-25(32)21-4-2-3-5-23(21)29(26(28)33)15-19-8-10-20(11-9-19)24(31)16-30/h2-11,14,30H,12-13,15-16H2,1H3. The van der Waals surface area contributed by atoms with Crippen molar-refractivity contribution >= 4 is 28.3 Å². The number of nitrogens with zero attached hydrogens (tertiary/aromatic N) is 2. The lowest BCUT2D eigenvalue weighted by molar-refractivity contribution is 0.0903. The fourth-order valence-corrected chi connectivity index (χ4v) is 4.03. The van der Waals surface area contributed by atoms with E-state index in [2.05, 4.69) is 0 Å². The van der Waals surface area contributed by atoms with Gasteiger partial charge in [-0.15, -0.1) is 0 Å².